The smallest absolute Gasteiger partial charge is 0.339 e. The summed E-state index contributed by atoms with van der Waals surface area (Å²) in [5.74, 6) is 0.192. The summed E-state index contributed by atoms with van der Waals surface area (Å²) in [4.78, 5) is 24.7. The van der Waals surface area contributed by atoms with Crippen LogP contribution >= 0.6 is 0 Å². The average molecular weight is 335 g/mol. The van der Waals surface area contributed by atoms with Gasteiger partial charge in [-0.1, -0.05) is 12.1 Å². The minimum atomic E-state index is -0.370. The molecule has 3 aromatic heterocycles. The summed E-state index contributed by atoms with van der Waals surface area (Å²) in [5, 5.41) is 5.24. The normalized spacial score (nSPS) is 11.3. The van der Waals surface area contributed by atoms with Crippen LogP contribution in [0.3, 0.4) is 0 Å². The number of benzene rings is 1. The summed E-state index contributed by atoms with van der Waals surface area (Å²) in [6.07, 6.45) is 0. The van der Waals surface area contributed by atoms with E-state index in [1.165, 1.54) is 0 Å². The van der Waals surface area contributed by atoms with Crippen molar-refractivity contribution in [2.24, 2.45) is 0 Å². The minimum absolute atomic E-state index is 0.318. The number of nitrogens with one attached hydrogen (secondary N) is 1. The third-order valence-corrected chi connectivity index (χ3v) is 4.01. The number of rotatable bonds is 3. The van der Waals surface area contributed by atoms with Gasteiger partial charge < -0.3 is 9.72 Å². The van der Waals surface area contributed by atoms with Crippen molar-refractivity contribution in [1.29, 1.82) is 0 Å². The molecule has 0 aliphatic heterocycles. The molecule has 25 heavy (non-hydrogen) atoms. The van der Waals surface area contributed by atoms with Crippen LogP contribution in [0.5, 0.6) is 0 Å². The molecule has 0 radical (unpaired) electrons. The van der Waals surface area contributed by atoms with E-state index in [0.29, 0.717) is 40.5 Å². The van der Waals surface area contributed by atoms with E-state index in [4.69, 9.17) is 4.74 Å². The van der Waals surface area contributed by atoms with Gasteiger partial charge in [-0.2, -0.15) is 9.78 Å². The summed E-state index contributed by atoms with van der Waals surface area (Å²) >= 11 is 0. The van der Waals surface area contributed by atoms with E-state index >= 15 is 0 Å². The first-order valence-electron chi connectivity index (χ1n) is 8.07. The van der Waals surface area contributed by atoms with E-state index in [2.05, 4.69) is 20.1 Å². The molecule has 0 saturated carbocycles. The second-order valence-electron chi connectivity index (χ2n) is 5.81. The van der Waals surface area contributed by atoms with Crippen molar-refractivity contribution < 1.29 is 9.53 Å². The van der Waals surface area contributed by atoms with Crippen molar-refractivity contribution in [3.05, 3.63) is 47.3 Å². The van der Waals surface area contributed by atoms with Crippen molar-refractivity contribution in [1.82, 2.24) is 24.7 Å². The minimum Gasteiger partial charge on any atom is -0.462 e. The molecule has 0 aliphatic carbocycles. The SMILES string of the molecule is CCOC(=O)c1cc(C)nc2c1c(C)nn2-c1nc2ccccc2[nH]1. The van der Waals surface area contributed by atoms with Gasteiger partial charge in [-0.15, -0.1) is 0 Å². The maximum Gasteiger partial charge on any atom is 0.339 e. The van der Waals surface area contributed by atoms with E-state index in [1.807, 2.05) is 38.1 Å². The number of pyridine rings is 1. The molecular weight excluding hydrogens is 318 g/mol. The highest BCUT2D eigenvalue weighted by atomic mass is 16.5. The van der Waals surface area contributed by atoms with Crippen molar-refractivity contribution in [2.75, 3.05) is 6.61 Å². The molecule has 0 amide bonds. The molecule has 0 atom stereocenters. The van der Waals surface area contributed by atoms with Gasteiger partial charge >= 0.3 is 5.97 Å². The summed E-state index contributed by atoms with van der Waals surface area (Å²) in [6, 6.07) is 9.49. The van der Waals surface area contributed by atoms with E-state index in [1.54, 1.807) is 17.7 Å². The lowest BCUT2D eigenvalue weighted by Crippen LogP contribution is -2.07. The van der Waals surface area contributed by atoms with Crippen molar-refractivity contribution in [3.63, 3.8) is 0 Å². The van der Waals surface area contributed by atoms with Crippen LogP contribution in [0.1, 0.15) is 28.7 Å². The highest BCUT2D eigenvalue weighted by Gasteiger charge is 2.21. The van der Waals surface area contributed by atoms with Gasteiger partial charge in [0.2, 0.25) is 5.95 Å². The summed E-state index contributed by atoms with van der Waals surface area (Å²) in [6.45, 7) is 5.79. The zero-order valence-corrected chi connectivity index (χ0v) is 14.2. The molecule has 0 saturated heterocycles. The Balaban J connectivity index is 1.98. The second-order valence-corrected chi connectivity index (χ2v) is 5.81. The van der Waals surface area contributed by atoms with E-state index in [-0.39, 0.29) is 5.97 Å². The van der Waals surface area contributed by atoms with Crippen LogP contribution < -0.4 is 0 Å². The Morgan fingerprint density at radius 2 is 2.04 bits per heavy atom. The number of aromatic amines is 1. The van der Waals surface area contributed by atoms with Gasteiger partial charge in [0.25, 0.3) is 0 Å². The maximum atomic E-state index is 12.3. The Labute approximate surface area is 143 Å². The number of imidazole rings is 1. The molecule has 4 aromatic rings. The molecule has 3 heterocycles. The Bertz CT molecular complexity index is 1080. The zero-order chi connectivity index (χ0) is 17.6. The van der Waals surface area contributed by atoms with Gasteiger partial charge in [0.05, 0.1) is 34.3 Å². The van der Waals surface area contributed by atoms with Crippen molar-refractivity contribution in [2.45, 2.75) is 20.8 Å². The predicted molar refractivity (Wildman–Crippen MR) is 93.9 cm³/mol. The lowest BCUT2D eigenvalue weighted by atomic mass is 10.1. The number of hydrogen-bond donors (Lipinski definition) is 1. The van der Waals surface area contributed by atoms with Crippen LogP contribution in [0.4, 0.5) is 0 Å². The molecule has 0 aliphatic rings. The average Bonchev–Trinajstić information content (AvgIpc) is 3.15. The largest absolute Gasteiger partial charge is 0.462 e. The van der Waals surface area contributed by atoms with Crippen LogP contribution in [0.15, 0.2) is 30.3 Å². The van der Waals surface area contributed by atoms with Crippen LogP contribution in [-0.2, 0) is 4.74 Å². The molecule has 126 valence electrons. The Morgan fingerprint density at radius 3 is 2.80 bits per heavy atom. The number of ether oxygens (including phenoxy) is 1. The predicted octanol–water partition coefficient (Wildman–Crippen LogP) is 3.09. The van der Waals surface area contributed by atoms with Gasteiger partial charge in [0, 0.05) is 5.69 Å². The number of nitrogens with zero attached hydrogens (tertiary/aromatic N) is 4. The number of aromatic nitrogens is 5. The number of carbonyl (C=O) groups excluding carboxylic acids is 1. The summed E-state index contributed by atoms with van der Waals surface area (Å²) in [5.41, 5.74) is 4.23. The highest BCUT2D eigenvalue weighted by molar-refractivity contribution is 6.04. The van der Waals surface area contributed by atoms with Gasteiger partial charge in [-0.3, -0.25) is 0 Å². The Morgan fingerprint density at radius 1 is 1.24 bits per heavy atom. The summed E-state index contributed by atoms with van der Waals surface area (Å²) < 4.78 is 6.82. The first-order valence-corrected chi connectivity index (χ1v) is 8.07. The van der Waals surface area contributed by atoms with E-state index in [9.17, 15) is 4.79 Å². The van der Waals surface area contributed by atoms with Crippen molar-refractivity contribution in [3.8, 4) is 5.95 Å². The topological polar surface area (TPSA) is 85.7 Å². The fraction of sp³-hybridized carbons (Fsp3) is 0.222. The number of para-hydroxylation sites is 2. The molecule has 0 unspecified atom stereocenters. The number of aryl methyl sites for hydroxylation is 2. The van der Waals surface area contributed by atoms with Gasteiger partial charge in [-0.05, 0) is 39.0 Å². The van der Waals surface area contributed by atoms with E-state index < -0.39 is 0 Å². The molecule has 7 heteroatoms. The first-order chi connectivity index (χ1) is 12.1. The van der Waals surface area contributed by atoms with Crippen LogP contribution in [0.25, 0.3) is 28.0 Å². The third-order valence-electron chi connectivity index (χ3n) is 4.01. The fourth-order valence-corrected chi connectivity index (χ4v) is 2.97. The Hall–Kier alpha value is -3.22. The lowest BCUT2D eigenvalue weighted by Gasteiger charge is -2.05. The molecular formula is C18H17N5O2. The van der Waals surface area contributed by atoms with Crippen LogP contribution in [-0.4, -0.2) is 37.3 Å². The molecule has 0 spiro atoms. The molecule has 1 aromatic carbocycles. The summed E-state index contributed by atoms with van der Waals surface area (Å²) in [7, 11) is 0. The molecule has 4 rings (SSSR count). The first kappa shape index (κ1) is 15.3. The zero-order valence-electron chi connectivity index (χ0n) is 14.2. The quantitative estimate of drug-likeness (QED) is 0.582. The maximum absolute atomic E-state index is 12.3. The van der Waals surface area contributed by atoms with Crippen LogP contribution in [0.2, 0.25) is 0 Å². The number of hydrogen-bond acceptors (Lipinski definition) is 5. The number of fused-ring (bicyclic) bond motifs is 2. The molecule has 7 nitrogen and oxygen atoms in total. The lowest BCUT2D eigenvalue weighted by molar-refractivity contribution is 0.0528. The van der Waals surface area contributed by atoms with Gasteiger partial charge in [0.1, 0.15) is 0 Å². The number of esters is 1. The van der Waals surface area contributed by atoms with Crippen LogP contribution in [0, 0.1) is 13.8 Å². The standard InChI is InChI=1S/C18H17N5O2/c1-4-25-17(24)12-9-10(2)19-16-15(12)11(3)22-23(16)18-20-13-7-5-6-8-14(13)21-18/h5-9H,4H2,1-3H3,(H,20,21). The fourth-order valence-electron chi connectivity index (χ4n) is 2.97. The number of H-pyrrole nitrogens is 1. The monoisotopic (exact) mass is 335 g/mol. The second kappa shape index (κ2) is 5.70. The third kappa shape index (κ3) is 2.44. The van der Waals surface area contributed by atoms with Crippen molar-refractivity contribution >= 4 is 28.0 Å². The number of carbonyl (C=O) groups is 1. The Kier molecular flexibility index (Phi) is 3.49. The van der Waals surface area contributed by atoms with E-state index in [0.717, 1.165) is 11.0 Å². The highest BCUT2D eigenvalue weighted by Crippen LogP contribution is 2.25. The molecule has 1 N–H and O–H groups in total. The van der Waals surface area contributed by atoms with Gasteiger partial charge in [-0.25, -0.2) is 14.8 Å². The molecule has 0 fully saturated rings. The van der Waals surface area contributed by atoms with Gasteiger partial charge in [0.15, 0.2) is 5.65 Å². The molecule has 0 bridgehead atoms.